The molecule has 0 saturated carbocycles. The molecule has 29 heavy (non-hydrogen) atoms. The molecule has 0 N–H and O–H groups in total. The Bertz CT molecular complexity index is 965. The minimum absolute atomic E-state index is 0.00565. The Morgan fingerprint density at radius 1 is 1.03 bits per heavy atom. The lowest BCUT2D eigenvalue weighted by molar-refractivity contribution is -0.142. The number of amides is 1. The smallest absolute Gasteiger partial charge is 0.264 e. The summed E-state index contributed by atoms with van der Waals surface area (Å²) in [6.45, 7) is 7.44. The fourth-order valence-corrected chi connectivity index (χ4v) is 4.11. The molecule has 0 bridgehead atoms. The maximum absolute atomic E-state index is 12.7. The van der Waals surface area contributed by atoms with Gasteiger partial charge in [0.15, 0.2) is 17.7 Å². The number of ketones is 2. The van der Waals surface area contributed by atoms with Crippen molar-refractivity contribution in [2.45, 2.75) is 39.7 Å². The van der Waals surface area contributed by atoms with Crippen LogP contribution in [0.25, 0.3) is 0 Å². The Kier molecular flexibility index (Phi) is 5.13. The molecule has 1 saturated heterocycles. The number of rotatable bonds is 3. The number of carbonyl (C=O) groups excluding carboxylic acids is 3. The highest BCUT2D eigenvalue weighted by atomic mass is 16.5. The molecule has 1 amide bonds. The minimum Gasteiger partial charge on any atom is -0.480 e. The van der Waals surface area contributed by atoms with Crippen molar-refractivity contribution in [1.82, 2.24) is 4.90 Å². The molecule has 4 rings (SSSR count). The van der Waals surface area contributed by atoms with Crippen LogP contribution >= 0.6 is 0 Å². The molecule has 0 spiro atoms. The van der Waals surface area contributed by atoms with Gasteiger partial charge in [0.1, 0.15) is 5.75 Å². The van der Waals surface area contributed by atoms with E-state index in [0.717, 1.165) is 11.1 Å². The molecule has 2 aliphatic heterocycles. The van der Waals surface area contributed by atoms with Crippen molar-refractivity contribution in [2.75, 3.05) is 26.3 Å². The molecule has 0 radical (unpaired) electrons. The highest BCUT2D eigenvalue weighted by Crippen LogP contribution is 2.33. The third-order valence-electron chi connectivity index (χ3n) is 6.09. The van der Waals surface area contributed by atoms with Gasteiger partial charge in [-0.2, -0.15) is 0 Å². The molecule has 1 aromatic rings. The zero-order chi connectivity index (χ0) is 20.7. The van der Waals surface area contributed by atoms with E-state index in [1.807, 2.05) is 18.2 Å². The van der Waals surface area contributed by atoms with Gasteiger partial charge in [-0.3, -0.25) is 14.4 Å². The summed E-state index contributed by atoms with van der Waals surface area (Å²) in [5.74, 6) is 0.590. The van der Waals surface area contributed by atoms with Gasteiger partial charge in [0.25, 0.3) is 5.91 Å². The number of ether oxygens (including phenoxy) is 2. The Morgan fingerprint density at radius 3 is 2.45 bits per heavy atom. The Hall–Kier alpha value is -2.73. The number of benzene rings is 1. The second kappa shape index (κ2) is 7.59. The number of morpholine rings is 1. The number of allylic oxidation sites excluding steroid dienone is 4. The van der Waals surface area contributed by atoms with E-state index in [0.29, 0.717) is 67.2 Å². The van der Waals surface area contributed by atoms with E-state index in [-0.39, 0.29) is 17.5 Å². The molecule has 6 nitrogen and oxygen atoms in total. The maximum atomic E-state index is 12.7. The van der Waals surface area contributed by atoms with E-state index < -0.39 is 6.10 Å². The molecule has 2 heterocycles. The Balaban J connectivity index is 1.50. The molecule has 6 heteroatoms. The van der Waals surface area contributed by atoms with Crippen LogP contribution in [0.5, 0.6) is 5.75 Å². The quantitative estimate of drug-likeness (QED) is 0.734. The van der Waals surface area contributed by atoms with E-state index in [1.54, 1.807) is 25.7 Å². The second-order valence-corrected chi connectivity index (χ2v) is 7.88. The first kappa shape index (κ1) is 19.6. The van der Waals surface area contributed by atoms with Crippen molar-refractivity contribution in [3.8, 4) is 5.75 Å². The highest BCUT2D eigenvalue weighted by Gasteiger charge is 2.33. The van der Waals surface area contributed by atoms with Crippen LogP contribution < -0.4 is 4.74 Å². The summed E-state index contributed by atoms with van der Waals surface area (Å²) in [7, 11) is 0. The summed E-state index contributed by atoms with van der Waals surface area (Å²) in [4.78, 5) is 39.6. The molecule has 1 unspecified atom stereocenters. The molecule has 0 aromatic heterocycles. The van der Waals surface area contributed by atoms with Gasteiger partial charge < -0.3 is 14.4 Å². The first-order valence-electron chi connectivity index (χ1n) is 9.98. The van der Waals surface area contributed by atoms with Gasteiger partial charge in [0.05, 0.1) is 13.2 Å². The summed E-state index contributed by atoms with van der Waals surface area (Å²) in [5.41, 5.74) is 4.03. The van der Waals surface area contributed by atoms with Crippen LogP contribution in [0.3, 0.4) is 0 Å². The van der Waals surface area contributed by atoms with E-state index in [2.05, 4.69) is 0 Å². The van der Waals surface area contributed by atoms with Gasteiger partial charge >= 0.3 is 0 Å². The van der Waals surface area contributed by atoms with E-state index in [1.165, 1.54) is 0 Å². The summed E-state index contributed by atoms with van der Waals surface area (Å²) >= 11 is 0. The number of hydrogen-bond donors (Lipinski definition) is 0. The summed E-state index contributed by atoms with van der Waals surface area (Å²) < 4.78 is 11.2. The van der Waals surface area contributed by atoms with Crippen LogP contribution in [-0.2, 0) is 32.0 Å². The average Bonchev–Trinajstić information content (AvgIpc) is 3.17. The summed E-state index contributed by atoms with van der Waals surface area (Å²) in [5, 5.41) is 0. The number of carbonyl (C=O) groups is 3. The fourth-order valence-electron chi connectivity index (χ4n) is 4.11. The van der Waals surface area contributed by atoms with Gasteiger partial charge in [-0.05, 0) is 38.0 Å². The monoisotopic (exact) mass is 395 g/mol. The van der Waals surface area contributed by atoms with Crippen molar-refractivity contribution < 1.29 is 23.9 Å². The van der Waals surface area contributed by atoms with Gasteiger partial charge in [0.2, 0.25) is 0 Å². The second-order valence-electron chi connectivity index (χ2n) is 7.88. The fraction of sp³-hybridized carbons (Fsp3) is 0.435. The number of hydrogen-bond acceptors (Lipinski definition) is 5. The zero-order valence-electron chi connectivity index (χ0n) is 17.0. The maximum Gasteiger partial charge on any atom is 0.264 e. The van der Waals surface area contributed by atoms with E-state index in [9.17, 15) is 14.4 Å². The minimum atomic E-state index is -0.509. The largest absolute Gasteiger partial charge is 0.480 e. The first-order chi connectivity index (χ1) is 13.9. The molecule has 1 aliphatic carbocycles. The predicted octanol–water partition coefficient (Wildman–Crippen LogP) is 2.20. The summed E-state index contributed by atoms with van der Waals surface area (Å²) in [6, 6.07) is 5.75. The highest BCUT2D eigenvalue weighted by molar-refractivity contribution is 6.24. The topological polar surface area (TPSA) is 72.9 Å². The SMILES string of the molecule is CC1=C(C)C(=O)C(Cc2ccc3c(c2)CC(C(=O)N2CCOCC2)O3)=C(C)C1=O. The van der Waals surface area contributed by atoms with Crippen LogP contribution in [0.4, 0.5) is 0 Å². The normalized spacial score (nSPS) is 22.2. The number of nitrogens with zero attached hydrogens (tertiary/aromatic N) is 1. The lowest BCUT2D eigenvalue weighted by atomic mass is 9.83. The van der Waals surface area contributed by atoms with Gasteiger partial charge in [-0.25, -0.2) is 0 Å². The third kappa shape index (κ3) is 3.53. The van der Waals surface area contributed by atoms with Crippen molar-refractivity contribution in [1.29, 1.82) is 0 Å². The summed E-state index contributed by atoms with van der Waals surface area (Å²) in [6.07, 6.45) is 0.406. The van der Waals surface area contributed by atoms with Crippen LogP contribution in [0, 0.1) is 0 Å². The molecule has 1 fully saturated rings. The first-order valence-corrected chi connectivity index (χ1v) is 9.98. The zero-order valence-corrected chi connectivity index (χ0v) is 17.0. The van der Waals surface area contributed by atoms with Crippen molar-refractivity contribution in [3.63, 3.8) is 0 Å². The number of Topliss-reactive ketones (excluding diaryl/α,β-unsaturated/α-hetero) is 2. The molecular formula is C23H25NO5. The molecule has 1 atom stereocenters. The molecule has 3 aliphatic rings. The van der Waals surface area contributed by atoms with Crippen LogP contribution in [0.15, 0.2) is 40.5 Å². The van der Waals surface area contributed by atoms with E-state index >= 15 is 0 Å². The van der Waals surface area contributed by atoms with Crippen molar-refractivity contribution in [3.05, 3.63) is 51.6 Å². The van der Waals surface area contributed by atoms with E-state index in [4.69, 9.17) is 9.47 Å². The van der Waals surface area contributed by atoms with Crippen LogP contribution in [-0.4, -0.2) is 54.8 Å². The van der Waals surface area contributed by atoms with Gasteiger partial charge in [-0.1, -0.05) is 12.1 Å². The van der Waals surface area contributed by atoms with Crippen LogP contribution in [0.1, 0.15) is 31.9 Å². The average molecular weight is 395 g/mol. The van der Waals surface area contributed by atoms with Crippen molar-refractivity contribution in [2.24, 2.45) is 0 Å². The molecular weight excluding hydrogens is 370 g/mol. The Morgan fingerprint density at radius 2 is 1.72 bits per heavy atom. The third-order valence-corrected chi connectivity index (χ3v) is 6.09. The molecule has 1 aromatic carbocycles. The standard InChI is InChI=1S/C23H25NO5/c1-13-14(2)22(26)18(15(3)21(13)25)11-16-4-5-19-17(10-16)12-20(29-19)23(27)24-6-8-28-9-7-24/h4-5,10,20H,6-9,11-12H2,1-3H3. The van der Waals surface area contributed by atoms with Gasteiger partial charge in [0, 0.05) is 48.2 Å². The van der Waals surface area contributed by atoms with Crippen molar-refractivity contribution >= 4 is 17.5 Å². The predicted molar refractivity (Wildman–Crippen MR) is 107 cm³/mol. The van der Waals surface area contributed by atoms with Gasteiger partial charge in [-0.15, -0.1) is 0 Å². The Labute approximate surface area is 170 Å². The van der Waals surface area contributed by atoms with Crippen LogP contribution in [0.2, 0.25) is 0 Å². The lowest BCUT2D eigenvalue weighted by Crippen LogP contribution is -2.47. The molecule has 152 valence electrons. The lowest BCUT2D eigenvalue weighted by Gasteiger charge is -2.28. The number of fused-ring (bicyclic) bond motifs is 1.